The van der Waals surface area contributed by atoms with Gasteiger partial charge < -0.3 is 9.13 Å². The molecule has 0 atom stereocenters. The third kappa shape index (κ3) is 50.2. The molecule has 13 rings (SSSR count). The van der Waals surface area contributed by atoms with Gasteiger partial charge in [-0.2, -0.15) is 30.6 Å². The Hall–Kier alpha value is -11.2. The molecule has 0 radical (unpaired) electrons. The Kier molecular flexibility index (Phi) is 43.8. The van der Waals surface area contributed by atoms with E-state index in [9.17, 15) is 0 Å². The number of aryl methyl sites for hydroxylation is 13. The van der Waals surface area contributed by atoms with Crippen molar-refractivity contribution in [1.29, 1.82) is 0 Å². The molecule has 0 aliphatic heterocycles. The maximum Gasteiger partial charge on any atom is 0.137 e. The lowest BCUT2D eigenvalue weighted by molar-refractivity contribution is 0.765. The summed E-state index contributed by atoms with van der Waals surface area (Å²) in [6.45, 7) is 17.6. The van der Waals surface area contributed by atoms with Crippen molar-refractivity contribution in [3.8, 4) is 0 Å². The highest BCUT2D eigenvalue weighted by Gasteiger charge is 1.80. The zero-order chi connectivity index (χ0) is 63.6. The number of aromatic nitrogens is 23. The topological polar surface area (TPSA) is 265 Å². The lowest BCUT2D eigenvalue weighted by Crippen LogP contribution is -1.83. The zero-order valence-corrected chi connectivity index (χ0v) is 52.0. The smallest absolute Gasteiger partial charge is 0.137 e. The van der Waals surface area contributed by atoms with Crippen molar-refractivity contribution in [1.82, 2.24) is 114 Å². The maximum absolute atomic E-state index is 3.98. The van der Waals surface area contributed by atoms with Crippen LogP contribution in [0.3, 0.4) is 0 Å². The molecule has 0 aliphatic carbocycles. The second kappa shape index (κ2) is 51.6. The summed E-state index contributed by atoms with van der Waals surface area (Å²) in [5, 5.41) is 22.1. The SMILES string of the molecule is Cc1ccccn1.Cc1cccnc1.Cc1cccnn1.Cc1ccncc1.Cc1ccncn1.Cc1ccnnc1.Cc1cnccn1.Cc1cncnc1.Cc1ncccn1.Cn1cccc1.Cn1cccn1.Cn1ccnc1.Cn1cncn1. The highest BCUT2D eigenvalue weighted by molar-refractivity contribution is 5.06. The molecule has 0 spiro atoms. The molecule has 0 N–H and O–H groups in total. The monoisotopic (exact) mass is 1170 g/mol. The molecule has 13 aromatic rings. The van der Waals surface area contributed by atoms with Crippen LogP contribution < -0.4 is 0 Å². The van der Waals surface area contributed by atoms with E-state index in [1.54, 1.807) is 133 Å². The van der Waals surface area contributed by atoms with Crippen LogP contribution in [-0.4, -0.2) is 114 Å². The van der Waals surface area contributed by atoms with Gasteiger partial charge in [-0.1, -0.05) is 12.1 Å². The largest absolute Gasteiger partial charge is 0.357 e. The standard InChI is InChI=1S/3C6H7N.6C5H6N2.C5H7N.2C4H6N2.C3H5N3/c1-6-2-4-7-5-3-6;1-6-3-2-4-7-5-6;1-6-4-2-3-5-7-6;1-5-2-6-4-7-3-5;1-5-4-6-2-3-7-5;1-5-2-3-6-4-7-5;1-5-2-3-6-7-4-5;1-5-6-3-2-4-7-5;1-5-3-2-4-6-7-5;1-6-4-2-3-5-6;1-6-3-2-5-4-6;1-6-4-2-3-5-6;1-6-3-4-2-5-6/h3*2-5H,1H3;6*2-4H,1H3;2-5H,1H3;2*2-4H,1H3;2-3H,1H3. The van der Waals surface area contributed by atoms with Crippen LogP contribution in [0.2, 0.25) is 0 Å². The maximum atomic E-state index is 3.98. The lowest BCUT2D eigenvalue weighted by Gasteiger charge is -1.82. The molecule has 0 unspecified atom stereocenters. The van der Waals surface area contributed by atoms with Crippen LogP contribution in [0.15, 0.2) is 259 Å². The molecule has 0 saturated heterocycles. The first kappa shape index (κ1) is 73.8. The number of hydrogen-bond donors (Lipinski definition) is 0. The first-order valence-electron chi connectivity index (χ1n) is 26.8. The number of hydrogen-bond acceptors (Lipinski definition) is 19. The first-order chi connectivity index (χ1) is 42.1. The summed E-state index contributed by atoms with van der Waals surface area (Å²) in [5.41, 5.74) is 8.72. The van der Waals surface area contributed by atoms with E-state index in [0.29, 0.717) is 0 Å². The van der Waals surface area contributed by atoms with Gasteiger partial charge in [0.2, 0.25) is 0 Å². The summed E-state index contributed by atoms with van der Waals surface area (Å²) in [4.78, 5) is 49.8. The van der Waals surface area contributed by atoms with Crippen LogP contribution in [0, 0.1) is 62.3 Å². The fourth-order valence-corrected chi connectivity index (χ4v) is 4.89. The zero-order valence-electron chi connectivity index (χ0n) is 52.0. The van der Waals surface area contributed by atoms with E-state index in [4.69, 9.17) is 0 Å². The predicted molar refractivity (Wildman–Crippen MR) is 340 cm³/mol. The molecule has 23 nitrogen and oxygen atoms in total. The van der Waals surface area contributed by atoms with E-state index >= 15 is 0 Å². The van der Waals surface area contributed by atoms with E-state index < -0.39 is 0 Å². The summed E-state index contributed by atoms with van der Waals surface area (Å²) in [6.07, 6.45) is 47.0. The van der Waals surface area contributed by atoms with Gasteiger partial charge in [-0.25, -0.2) is 39.9 Å². The van der Waals surface area contributed by atoms with Crippen molar-refractivity contribution in [3.05, 3.63) is 310 Å². The summed E-state index contributed by atoms with van der Waals surface area (Å²) >= 11 is 0. The normalized spacial score (nSPS) is 8.75. The minimum Gasteiger partial charge on any atom is -0.357 e. The fourth-order valence-electron chi connectivity index (χ4n) is 4.89. The number of rotatable bonds is 0. The van der Waals surface area contributed by atoms with E-state index in [0.717, 1.165) is 39.7 Å². The van der Waals surface area contributed by atoms with E-state index in [2.05, 4.69) is 95.4 Å². The first-order valence-corrected chi connectivity index (χ1v) is 26.8. The molecule has 0 aromatic carbocycles. The number of nitrogens with zero attached hydrogens (tertiary/aromatic N) is 23. The van der Waals surface area contributed by atoms with Gasteiger partial charge in [-0.05, 0) is 163 Å². The number of imidazole rings is 1. The second-order valence-corrected chi connectivity index (χ2v) is 17.5. The molecule has 0 bridgehead atoms. The Morgan fingerprint density at radius 1 is 0.276 bits per heavy atom. The molecule has 13 aromatic heterocycles. The molecule has 13 heterocycles. The summed E-state index contributed by atoms with van der Waals surface area (Å²) in [7, 11) is 7.65. The molecule has 0 aliphatic rings. The fraction of sp³-hybridized carbons (Fsp3) is 0.203. The van der Waals surface area contributed by atoms with Gasteiger partial charge in [0.25, 0.3) is 0 Å². The molecule has 0 amide bonds. The van der Waals surface area contributed by atoms with Crippen molar-refractivity contribution < 1.29 is 0 Å². The Balaban J connectivity index is 0.000000471. The molecular weight excluding hydrogens is 1090 g/mol. The van der Waals surface area contributed by atoms with Crippen LogP contribution in [0.5, 0.6) is 0 Å². The molecule has 23 heteroatoms. The Morgan fingerprint density at radius 2 is 0.920 bits per heavy atom. The van der Waals surface area contributed by atoms with E-state index in [1.807, 2.05) is 216 Å². The third-order valence-corrected chi connectivity index (χ3v) is 9.27. The highest BCUT2D eigenvalue weighted by Crippen LogP contribution is 1.91. The highest BCUT2D eigenvalue weighted by atomic mass is 15.3. The summed E-state index contributed by atoms with van der Waals surface area (Å²) < 4.78 is 7.28. The predicted octanol–water partition coefficient (Wildman–Crippen LogP) is 10.6. The molecule has 452 valence electrons. The minimum atomic E-state index is 0.822. The van der Waals surface area contributed by atoms with Gasteiger partial charge in [0.1, 0.15) is 31.1 Å². The molecular formula is C64H81N23. The Bertz CT molecular complexity index is 2720. The van der Waals surface area contributed by atoms with Crippen molar-refractivity contribution in [2.24, 2.45) is 28.2 Å². The van der Waals surface area contributed by atoms with Crippen molar-refractivity contribution >= 4 is 0 Å². The van der Waals surface area contributed by atoms with Crippen LogP contribution in [0.25, 0.3) is 0 Å². The second-order valence-electron chi connectivity index (χ2n) is 17.5. The van der Waals surface area contributed by atoms with Gasteiger partial charge in [-0.15, -0.1) is 0 Å². The van der Waals surface area contributed by atoms with Crippen molar-refractivity contribution in [2.45, 2.75) is 62.3 Å². The van der Waals surface area contributed by atoms with Crippen LogP contribution in [0.1, 0.15) is 50.9 Å². The van der Waals surface area contributed by atoms with Gasteiger partial charge in [-0.3, -0.25) is 34.3 Å². The van der Waals surface area contributed by atoms with E-state index in [1.165, 1.54) is 30.1 Å². The van der Waals surface area contributed by atoms with Gasteiger partial charge in [0, 0.05) is 170 Å². The average Bonchev–Trinajstić information content (AvgIpc) is 4.42. The van der Waals surface area contributed by atoms with Gasteiger partial charge in [0.15, 0.2) is 0 Å². The van der Waals surface area contributed by atoms with Crippen molar-refractivity contribution in [2.75, 3.05) is 0 Å². The van der Waals surface area contributed by atoms with Crippen molar-refractivity contribution in [3.63, 3.8) is 0 Å². The third-order valence-electron chi connectivity index (χ3n) is 9.27. The molecule has 0 fully saturated rings. The number of pyridine rings is 3. The van der Waals surface area contributed by atoms with Gasteiger partial charge >= 0.3 is 0 Å². The summed E-state index contributed by atoms with van der Waals surface area (Å²) in [5.74, 6) is 0.822. The molecule has 87 heavy (non-hydrogen) atoms. The summed E-state index contributed by atoms with van der Waals surface area (Å²) in [6, 6.07) is 29.0. The Labute approximate surface area is 512 Å². The van der Waals surface area contributed by atoms with Crippen LogP contribution >= 0.6 is 0 Å². The van der Waals surface area contributed by atoms with Crippen LogP contribution in [-0.2, 0) is 28.2 Å². The minimum absolute atomic E-state index is 0.822. The van der Waals surface area contributed by atoms with E-state index in [-0.39, 0.29) is 0 Å². The Morgan fingerprint density at radius 3 is 1.17 bits per heavy atom. The lowest BCUT2D eigenvalue weighted by atomic mass is 10.3. The van der Waals surface area contributed by atoms with Crippen LogP contribution in [0.4, 0.5) is 0 Å². The van der Waals surface area contributed by atoms with Gasteiger partial charge in [0.05, 0.1) is 23.9 Å². The average molecular weight is 1170 g/mol. The quantitative estimate of drug-likeness (QED) is 0.137. The molecule has 0 saturated carbocycles.